The molecule has 1 atom stereocenters. The largest absolute Gasteiger partial charge is 0.478 e. The van der Waals surface area contributed by atoms with Crippen molar-refractivity contribution in [1.82, 2.24) is 9.55 Å². The lowest BCUT2D eigenvalue weighted by molar-refractivity contribution is -0.118. The normalized spacial score (nSPS) is 12.3. The van der Waals surface area contributed by atoms with Crippen LogP contribution < -0.4 is 10.9 Å². The van der Waals surface area contributed by atoms with E-state index in [1.165, 1.54) is 9.95 Å². The molecule has 0 aliphatic carbocycles. The van der Waals surface area contributed by atoms with Gasteiger partial charge in [-0.3, -0.25) is 14.2 Å². The fourth-order valence-corrected chi connectivity index (χ4v) is 4.03. The Hall–Kier alpha value is -2.52. The quantitative estimate of drug-likeness (QED) is 0.588. The monoisotopic (exact) mass is 463 g/mol. The average Bonchev–Trinajstić information content (AvgIpc) is 3.07. The van der Waals surface area contributed by atoms with Gasteiger partial charge in [-0.1, -0.05) is 29.8 Å². The molecule has 3 rings (SSSR count). The van der Waals surface area contributed by atoms with Gasteiger partial charge in [-0.15, -0.1) is 11.3 Å². The number of halogens is 1. The van der Waals surface area contributed by atoms with Gasteiger partial charge in [-0.25, -0.2) is 9.78 Å². The third-order valence-electron chi connectivity index (χ3n) is 4.29. The first kappa shape index (κ1) is 20.2. The van der Waals surface area contributed by atoms with Crippen LogP contribution in [0.2, 0.25) is 0 Å². The van der Waals surface area contributed by atoms with Gasteiger partial charge in [0.15, 0.2) is 0 Å². The zero-order chi connectivity index (χ0) is 20.6. The van der Waals surface area contributed by atoms with E-state index in [-0.39, 0.29) is 22.8 Å². The summed E-state index contributed by atoms with van der Waals surface area (Å²) >= 11 is 4.45. The molecule has 2 N–H and O–H groups in total. The highest BCUT2D eigenvalue weighted by Gasteiger charge is 2.26. The second-order valence-electron chi connectivity index (χ2n) is 6.61. The molecule has 0 spiro atoms. The number of benzene rings is 1. The summed E-state index contributed by atoms with van der Waals surface area (Å²) < 4.78 is 2.17. The molecule has 28 heavy (non-hydrogen) atoms. The van der Waals surface area contributed by atoms with Crippen molar-refractivity contribution in [3.8, 4) is 0 Å². The van der Waals surface area contributed by atoms with E-state index in [0.29, 0.717) is 16.3 Å². The number of carboxylic acids is 1. The molecule has 0 radical (unpaired) electrons. The molecule has 1 amide bonds. The molecular weight excluding hydrogens is 446 g/mol. The number of aromatic nitrogens is 2. The van der Waals surface area contributed by atoms with E-state index in [1.807, 2.05) is 13.8 Å². The maximum Gasteiger partial charge on any atom is 0.337 e. The number of thiophene rings is 1. The number of fused-ring (bicyclic) bond motifs is 1. The zero-order valence-corrected chi connectivity index (χ0v) is 17.8. The number of nitrogens with one attached hydrogen (secondary N) is 1. The number of carbonyl (C=O) groups excluding carboxylic acids is 1. The van der Waals surface area contributed by atoms with E-state index in [4.69, 9.17) is 0 Å². The van der Waals surface area contributed by atoms with Crippen molar-refractivity contribution in [3.63, 3.8) is 0 Å². The number of nitrogens with zero attached hydrogens (tertiary/aromatic N) is 2. The number of hydrogen-bond acceptors (Lipinski definition) is 5. The SMILES string of the molecule is CC(C)c1nc2scc(C(=O)O)c2c(=O)n1C(C)C(=O)Nc1ccc(Br)cc1. The summed E-state index contributed by atoms with van der Waals surface area (Å²) in [6.45, 7) is 5.34. The summed E-state index contributed by atoms with van der Waals surface area (Å²) in [6, 6.07) is 6.20. The number of anilines is 1. The van der Waals surface area contributed by atoms with Crippen LogP contribution in [0.5, 0.6) is 0 Å². The van der Waals surface area contributed by atoms with Crippen molar-refractivity contribution >= 4 is 55.0 Å². The van der Waals surface area contributed by atoms with Crippen LogP contribution >= 0.6 is 27.3 Å². The van der Waals surface area contributed by atoms with E-state index < -0.39 is 17.6 Å². The highest BCUT2D eigenvalue weighted by molar-refractivity contribution is 9.10. The minimum atomic E-state index is -1.19. The Kier molecular flexibility index (Phi) is 5.66. The van der Waals surface area contributed by atoms with Gasteiger partial charge in [0.05, 0.1) is 10.9 Å². The van der Waals surface area contributed by atoms with Crippen molar-refractivity contribution in [1.29, 1.82) is 0 Å². The Bertz CT molecular complexity index is 1120. The highest BCUT2D eigenvalue weighted by atomic mass is 79.9. The molecule has 0 bridgehead atoms. The Morgan fingerprint density at radius 2 is 1.86 bits per heavy atom. The van der Waals surface area contributed by atoms with Crippen LogP contribution in [0.3, 0.4) is 0 Å². The topological polar surface area (TPSA) is 101 Å². The smallest absolute Gasteiger partial charge is 0.337 e. The predicted octanol–water partition coefficient (Wildman–Crippen LogP) is 4.24. The number of carboxylic acid groups (broad SMARTS) is 1. The van der Waals surface area contributed by atoms with Crippen molar-refractivity contribution in [3.05, 3.63) is 55.9 Å². The van der Waals surface area contributed by atoms with Crippen LogP contribution in [0.15, 0.2) is 38.9 Å². The predicted molar refractivity (Wildman–Crippen MR) is 112 cm³/mol. The summed E-state index contributed by atoms with van der Waals surface area (Å²) in [5.74, 6) is -1.27. The molecule has 3 aromatic rings. The van der Waals surface area contributed by atoms with Gasteiger partial charge >= 0.3 is 5.97 Å². The molecule has 7 nitrogen and oxygen atoms in total. The summed E-state index contributed by atoms with van der Waals surface area (Å²) in [4.78, 5) is 42.3. The van der Waals surface area contributed by atoms with Crippen molar-refractivity contribution in [2.45, 2.75) is 32.7 Å². The molecule has 0 saturated carbocycles. The van der Waals surface area contributed by atoms with Gasteiger partial charge in [-0.05, 0) is 31.2 Å². The van der Waals surface area contributed by atoms with Gasteiger partial charge in [0.25, 0.3) is 5.56 Å². The van der Waals surface area contributed by atoms with E-state index in [2.05, 4.69) is 26.2 Å². The minimum Gasteiger partial charge on any atom is -0.478 e. The van der Waals surface area contributed by atoms with Crippen molar-refractivity contribution < 1.29 is 14.7 Å². The first-order valence-electron chi connectivity index (χ1n) is 8.54. The van der Waals surface area contributed by atoms with Crippen LogP contribution in [0.25, 0.3) is 10.2 Å². The Labute approximate surface area is 173 Å². The van der Waals surface area contributed by atoms with Gasteiger partial charge in [0, 0.05) is 21.5 Å². The van der Waals surface area contributed by atoms with Gasteiger partial charge in [-0.2, -0.15) is 0 Å². The number of aromatic carboxylic acids is 1. The number of hydrogen-bond donors (Lipinski definition) is 2. The minimum absolute atomic E-state index is 0.0326. The van der Waals surface area contributed by atoms with E-state index in [9.17, 15) is 19.5 Å². The lowest BCUT2D eigenvalue weighted by Crippen LogP contribution is -2.35. The first-order chi connectivity index (χ1) is 13.2. The standard InChI is InChI=1S/C19H18BrN3O4S/c1-9(2)15-22-17-14(13(8-28-17)19(26)27)18(25)23(15)10(3)16(24)21-12-6-4-11(20)5-7-12/h4-10H,1-3H3,(H,21,24)(H,26,27). The lowest BCUT2D eigenvalue weighted by Gasteiger charge is -2.20. The Balaban J connectivity index is 2.10. The van der Waals surface area contributed by atoms with E-state index in [0.717, 1.165) is 15.8 Å². The molecule has 2 aromatic heterocycles. The summed E-state index contributed by atoms with van der Waals surface area (Å²) in [7, 11) is 0. The molecule has 0 saturated heterocycles. The van der Waals surface area contributed by atoms with Gasteiger partial charge < -0.3 is 10.4 Å². The second kappa shape index (κ2) is 7.84. The molecule has 146 valence electrons. The molecule has 0 fully saturated rings. The van der Waals surface area contributed by atoms with Crippen LogP contribution in [-0.2, 0) is 4.79 Å². The summed E-state index contributed by atoms with van der Waals surface area (Å²) in [5.41, 5.74) is -0.0251. The van der Waals surface area contributed by atoms with Crippen molar-refractivity contribution in [2.75, 3.05) is 5.32 Å². The zero-order valence-electron chi connectivity index (χ0n) is 15.4. The van der Waals surface area contributed by atoms with Crippen molar-refractivity contribution in [2.24, 2.45) is 0 Å². The first-order valence-corrected chi connectivity index (χ1v) is 10.2. The lowest BCUT2D eigenvalue weighted by atomic mass is 10.1. The van der Waals surface area contributed by atoms with E-state index in [1.54, 1.807) is 31.2 Å². The van der Waals surface area contributed by atoms with Gasteiger partial charge in [0.2, 0.25) is 5.91 Å². The molecule has 0 aliphatic rings. The molecule has 1 aromatic carbocycles. The second-order valence-corrected chi connectivity index (χ2v) is 8.38. The fraction of sp³-hybridized carbons (Fsp3) is 0.263. The molecule has 1 unspecified atom stereocenters. The molecule has 0 aliphatic heterocycles. The average molecular weight is 464 g/mol. The van der Waals surface area contributed by atoms with Crippen LogP contribution in [0.4, 0.5) is 5.69 Å². The maximum atomic E-state index is 13.2. The molecular formula is C19H18BrN3O4S. The molecule has 2 heterocycles. The van der Waals surface area contributed by atoms with Gasteiger partial charge in [0.1, 0.15) is 16.7 Å². The fourth-order valence-electron chi connectivity index (χ4n) is 2.86. The van der Waals surface area contributed by atoms with E-state index >= 15 is 0 Å². The van der Waals surface area contributed by atoms with Crippen LogP contribution in [0, 0.1) is 0 Å². The number of rotatable bonds is 5. The Morgan fingerprint density at radius 1 is 1.21 bits per heavy atom. The Morgan fingerprint density at radius 3 is 2.43 bits per heavy atom. The third-order valence-corrected chi connectivity index (χ3v) is 5.69. The highest BCUT2D eigenvalue weighted by Crippen LogP contribution is 2.26. The number of amides is 1. The third kappa shape index (κ3) is 3.72. The maximum absolute atomic E-state index is 13.2. The number of carbonyl (C=O) groups is 2. The van der Waals surface area contributed by atoms with Crippen LogP contribution in [0.1, 0.15) is 48.9 Å². The van der Waals surface area contributed by atoms with Crippen LogP contribution in [-0.4, -0.2) is 26.5 Å². The summed E-state index contributed by atoms with van der Waals surface area (Å²) in [6.07, 6.45) is 0. The summed E-state index contributed by atoms with van der Waals surface area (Å²) in [5, 5.41) is 13.6. The molecule has 9 heteroatoms.